The first-order chi connectivity index (χ1) is 14.0. The molecule has 0 radical (unpaired) electrons. The van der Waals surface area contributed by atoms with Gasteiger partial charge in [0, 0.05) is 50.4 Å². The maximum Gasteiger partial charge on any atom is 0.321 e. The molecule has 4 rings (SSSR count). The first-order valence-corrected chi connectivity index (χ1v) is 10.4. The summed E-state index contributed by atoms with van der Waals surface area (Å²) in [4.78, 5) is 29.2. The number of amides is 3. The number of hydrogen-bond donors (Lipinski definition) is 1. The van der Waals surface area contributed by atoms with Crippen LogP contribution < -0.4 is 5.32 Å². The highest BCUT2D eigenvalue weighted by molar-refractivity contribution is 5.89. The van der Waals surface area contributed by atoms with Crippen LogP contribution >= 0.6 is 0 Å². The van der Waals surface area contributed by atoms with Gasteiger partial charge in [-0.3, -0.25) is 4.79 Å². The Balaban J connectivity index is 1.36. The number of likely N-dealkylation sites (tertiary alicyclic amines) is 1. The van der Waals surface area contributed by atoms with Crippen molar-refractivity contribution in [3.63, 3.8) is 0 Å². The smallest absolute Gasteiger partial charge is 0.321 e. The number of anilines is 1. The third-order valence-electron chi connectivity index (χ3n) is 6.08. The van der Waals surface area contributed by atoms with Crippen molar-refractivity contribution in [2.45, 2.75) is 50.6 Å². The number of nitrogens with zero attached hydrogens (tertiary/aromatic N) is 2. The number of hydrogen-bond acceptors (Lipinski definition) is 3. The van der Waals surface area contributed by atoms with Gasteiger partial charge in [0.25, 0.3) is 0 Å². The minimum atomic E-state index is -0.797. The summed E-state index contributed by atoms with van der Waals surface area (Å²) >= 11 is 0. The monoisotopic (exact) mass is 407 g/mol. The van der Waals surface area contributed by atoms with Crippen molar-refractivity contribution in [2.75, 3.05) is 31.6 Å². The lowest BCUT2D eigenvalue weighted by Crippen LogP contribution is -2.54. The summed E-state index contributed by atoms with van der Waals surface area (Å²) in [5, 5.41) is 2.51. The molecule has 2 heterocycles. The van der Waals surface area contributed by atoms with E-state index < -0.39 is 17.7 Å². The molecular formula is C21H27F2N3O3. The molecule has 1 saturated carbocycles. The van der Waals surface area contributed by atoms with Gasteiger partial charge in [-0.05, 0) is 50.7 Å². The molecule has 1 N–H and O–H groups in total. The largest absolute Gasteiger partial charge is 0.381 e. The Kier molecular flexibility index (Phi) is 5.99. The lowest BCUT2D eigenvalue weighted by Gasteiger charge is -2.43. The first kappa shape index (κ1) is 20.1. The zero-order valence-corrected chi connectivity index (χ0v) is 16.4. The fourth-order valence-corrected chi connectivity index (χ4v) is 4.29. The number of piperidine rings is 1. The summed E-state index contributed by atoms with van der Waals surface area (Å²) < 4.78 is 32.3. The van der Waals surface area contributed by atoms with Crippen LogP contribution in [0.2, 0.25) is 0 Å². The SMILES string of the molecule is O=C(Nc1ccc(F)cc1F)N1CCC(N(C(=O)C2CC2)C2CCOCC2)CC1. The molecular weight excluding hydrogens is 380 g/mol. The van der Waals surface area contributed by atoms with E-state index in [-0.39, 0.29) is 29.6 Å². The van der Waals surface area contributed by atoms with Gasteiger partial charge in [-0.1, -0.05) is 0 Å². The zero-order valence-electron chi connectivity index (χ0n) is 16.4. The molecule has 8 heteroatoms. The highest BCUT2D eigenvalue weighted by atomic mass is 19.1. The standard InChI is InChI=1S/C21H27F2N3O3/c22-15-3-4-19(18(23)13-15)24-21(28)25-9-5-16(6-10-25)26(20(27)14-1-2-14)17-7-11-29-12-8-17/h3-4,13-14,16-17H,1-2,5-12H2,(H,24,28). The number of urea groups is 1. The van der Waals surface area contributed by atoms with Crippen molar-refractivity contribution < 1.29 is 23.1 Å². The van der Waals surface area contributed by atoms with Gasteiger partial charge >= 0.3 is 6.03 Å². The van der Waals surface area contributed by atoms with E-state index in [1.165, 1.54) is 6.07 Å². The van der Waals surface area contributed by atoms with Crippen molar-refractivity contribution in [1.29, 1.82) is 0 Å². The van der Waals surface area contributed by atoms with Crippen molar-refractivity contribution in [3.8, 4) is 0 Å². The van der Waals surface area contributed by atoms with Gasteiger partial charge in [0.2, 0.25) is 5.91 Å². The van der Waals surface area contributed by atoms with E-state index in [4.69, 9.17) is 4.74 Å². The van der Waals surface area contributed by atoms with Gasteiger partial charge < -0.3 is 19.9 Å². The van der Waals surface area contributed by atoms with Crippen LogP contribution in [0.5, 0.6) is 0 Å². The van der Waals surface area contributed by atoms with Crippen LogP contribution in [0.1, 0.15) is 38.5 Å². The second-order valence-electron chi connectivity index (χ2n) is 8.14. The van der Waals surface area contributed by atoms with Gasteiger partial charge in [0.15, 0.2) is 0 Å². The molecule has 2 saturated heterocycles. The number of halogens is 2. The first-order valence-electron chi connectivity index (χ1n) is 10.4. The summed E-state index contributed by atoms with van der Waals surface area (Å²) in [6, 6.07) is 3.02. The van der Waals surface area contributed by atoms with Gasteiger partial charge in [0.1, 0.15) is 11.6 Å². The van der Waals surface area contributed by atoms with E-state index in [1.807, 2.05) is 0 Å². The van der Waals surface area contributed by atoms with Crippen LogP contribution in [-0.4, -0.2) is 60.1 Å². The maximum absolute atomic E-state index is 13.8. The van der Waals surface area contributed by atoms with Gasteiger partial charge in [-0.25, -0.2) is 13.6 Å². The Bertz CT molecular complexity index is 758. The topological polar surface area (TPSA) is 61.9 Å². The van der Waals surface area contributed by atoms with Crippen LogP contribution in [0.4, 0.5) is 19.3 Å². The predicted octanol–water partition coefficient (Wildman–Crippen LogP) is 3.38. The van der Waals surface area contributed by atoms with Crippen molar-refractivity contribution in [1.82, 2.24) is 9.80 Å². The number of benzene rings is 1. The van der Waals surface area contributed by atoms with E-state index in [9.17, 15) is 18.4 Å². The second-order valence-corrected chi connectivity index (χ2v) is 8.14. The molecule has 6 nitrogen and oxygen atoms in total. The molecule has 0 spiro atoms. The molecule has 1 aliphatic carbocycles. The molecule has 0 atom stereocenters. The summed E-state index contributed by atoms with van der Waals surface area (Å²) in [7, 11) is 0. The second kappa shape index (κ2) is 8.65. The van der Waals surface area contributed by atoms with Crippen LogP contribution in [0.25, 0.3) is 0 Å². The fraction of sp³-hybridized carbons (Fsp3) is 0.619. The molecule has 0 unspecified atom stereocenters. The minimum absolute atomic E-state index is 0.0359. The molecule has 0 aromatic heterocycles. The van der Waals surface area contributed by atoms with Gasteiger partial charge in [-0.15, -0.1) is 0 Å². The molecule has 29 heavy (non-hydrogen) atoms. The summed E-state index contributed by atoms with van der Waals surface area (Å²) in [6.45, 7) is 2.36. The molecule has 3 aliphatic rings. The van der Waals surface area contributed by atoms with Crippen molar-refractivity contribution in [3.05, 3.63) is 29.8 Å². The normalized spacial score (nSPS) is 21.1. The van der Waals surface area contributed by atoms with E-state index >= 15 is 0 Å². The van der Waals surface area contributed by atoms with Crippen molar-refractivity contribution in [2.24, 2.45) is 5.92 Å². The predicted molar refractivity (Wildman–Crippen MR) is 103 cm³/mol. The number of ether oxygens (including phenoxy) is 1. The van der Waals surface area contributed by atoms with Gasteiger partial charge in [-0.2, -0.15) is 0 Å². The Morgan fingerprint density at radius 3 is 2.28 bits per heavy atom. The number of rotatable bonds is 4. The third-order valence-corrected chi connectivity index (χ3v) is 6.08. The fourth-order valence-electron chi connectivity index (χ4n) is 4.29. The molecule has 2 aliphatic heterocycles. The van der Waals surface area contributed by atoms with Crippen LogP contribution in [-0.2, 0) is 9.53 Å². The Morgan fingerprint density at radius 2 is 1.66 bits per heavy atom. The van der Waals surface area contributed by atoms with Gasteiger partial charge in [0.05, 0.1) is 5.69 Å². The third kappa shape index (κ3) is 4.69. The lowest BCUT2D eigenvalue weighted by atomic mass is 9.97. The summed E-state index contributed by atoms with van der Waals surface area (Å²) in [5.41, 5.74) is -0.0359. The van der Waals surface area contributed by atoms with E-state index in [1.54, 1.807) is 4.90 Å². The summed E-state index contributed by atoms with van der Waals surface area (Å²) in [5.74, 6) is -1.06. The van der Waals surface area contributed by atoms with E-state index in [2.05, 4.69) is 10.2 Å². The molecule has 1 aromatic carbocycles. The minimum Gasteiger partial charge on any atom is -0.381 e. The Labute approximate surface area is 169 Å². The quantitative estimate of drug-likeness (QED) is 0.832. The average molecular weight is 407 g/mol. The number of nitrogens with one attached hydrogen (secondary N) is 1. The van der Waals surface area contributed by atoms with E-state index in [0.717, 1.165) is 37.8 Å². The molecule has 158 valence electrons. The molecule has 3 fully saturated rings. The van der Waals surface area contributed by atoms with Crippen LogP contribution in [0, 0.1) is 17.6 Å². The average Bonchev–Trinajstić information content (AvgIpc) is 3.57. The molecule has 1 aromatic rings. The number of carbonyl (C=O) groups is 2. The van der Waals surface area contributed by atoms with E-state index in [0.29, 0.717) is 39.1 Å². The maximum atomic E-state index is 13.8. The molecule has 3 amide bonds. The van der Waals surface area contributed by atoms with Crippen molar-refractivity contribution >= 4 is 17.6 Å². The Hall–Kier alpha value is -2.22. The zero-order chi connectivity index (χ0) is 20.4. The van der Waals surface area contributed by atoms with Crippen LogP contribution in [0.3, 0.4) is 0 Å². The molecule has 0 bridgehead atoms. The lowest BCUT2D eigenvalue weighted by molar-refractivity contribution is -0.141. The highest BCUT2D eigenvalue weighted by Gasteiger charge is 2.41. The van der Waals surface area contributed by atoms with Crippen LogP contribution in [0.15, 0.2) is 18.2 Å². The Morgan fingerprint density at radius 1 is 1.00 bits per heavy atom. The summed E-state index contributed by atoms with van der Waals surface area (Å²) in [6.07, 6.45) is 5.09. The number of carbonyl (C=O) groups excluding carboxylic acids is 2. The highest BCUT2D eigenvalue weighted by Crippen LogP contribution is 2.35.